The zero-order valence-corrected chi connectivity index (χ0v) is 7.64. The molecule has 0 fully saturated rings. The Morgan fingerprint density at radius 3 is 2.31 bits per heavy atom. The van der Waals surface area contributed by atoms with Gasteiger partial charge in [-0.05, 0) is 18.2 Å². The van der Waals surface area contributed by atoms with E-state index in [4.69, 9.17) is 16.2 Å². The first-order chi connectivity index (χ1) is 5.41. The molecule has 0 bridgehead atoms. The summed E-state index contributed by atoms with van der Waals surface area (Å²) < 4.78 is 41.9. The van der Waals surface area contributed by atoms with Crippen LogP contribution in [0.25, 0.3) is 0 Å². The highest BCUT2D eigenvalue weighted by Gasteiger charge is 2.14. The molecule has 1 N–H and O–H groups in total. The Morgan fingerprint density at radius 1 is 1.38 bits per heavy atom. The maximum absolute atomic E-state index is 12.4. The molecule has 1 aromatic rings. The van der Waals surface area contributed by atoms with Crippen molar-refractivity contribution in [2.75, 3.05) is 0 Å². The number of benzene rings is 1. The van der Waals surface area contributed by atoms with Crippen molar-refractivity contribution in [3.8, 4) is 0 Å². The Balaban J connectivity index is 0.00000144. The minimum atomic E-state index is -4.35. The van der Waals surface area contributed by atoms with Crippen molar-refractivity contribution < 1.29 is 22.1 Å². The molecule has 0 saturated carbocycles. The molecule has 74 valence electrons. The molecular weight excluding hydrogens is 226 g/mol. The van der Waals surface area contributed by atoms with Crippen LogP contribution >= 0.6 is 11.6 Å². The van der Waals surface area contributed by atoms with Gasteiger partial charge in [-0.15, -0.1) is 0 Å². The smallest absolute Gasteiger partial charge is 0.282 e. The first kappa shape index (κ1) is 12.3. The molecule has 0 saturated heterocycles. The summed E-state index contributed by atoms with van der Waals surface area (Å²) >= 11 is 5.33. The molecule has 0 aliphatic heterocycles. The minimum absolute atomic E-state index is 0. The normalized spacial score (nSPS) is 10.7. The highest BCUT2D eigenvalue weighted by molar-refractivity contribution is 7.86. The lowest BCUT2D eigenvalue weighted by molar-refractivity contribution is 0.483. The van der Waals surface area contributed by atoms with Gasteiger partial charge < -0.3 is 0 Å². The number of rotatable bonds is 1. The first-order valence-electron chi connectivity index (χ1n) is 2.84. The van der Waals surface area contributed by atoms with E-state index in [2.05, 4.69) is 0 Å². The second-order valence-corrected chi connectivity index (χ2v) is 3.85. The van der Waals surface area contributed by atoms with Crippen LogP contribution in [-0.2, 0) is 10.1 Å². The molecule has 3 nitrogen and oxygen atoms in total. The SMILES string of the molecule is F.O=S(=O)(O)c1ccc(F)cc1Cl. The summed E-state index contributed by atoms with van der Waals surface area (Å²) in [5, 5.41) is -0.336. The summed E-state index contributed by atoms with van der Waals surface area (Å²) in [7, 11) is -4.35. The van der Waals surface area contributed by atoms with Gasteiger partial charge in [0.05, 0.1) is 5.02 Å². The molecule has 0 aliphatic carbocycles. The van der Waals surface area contributed by atoms with Crippen molar-refractivity contribution >= 4 is 21.7 Å². The van der Waals surface area contributed by atoms with Gasteiger partial charge in [-0.3, -0.25) is 9.26 Å². The van der Waals surface area contributed by atoms with E-state index in [0.29, 0.717) is 0 Å². The Labute approximate surface area is 78.3 Å². The molecule has 0 unspecified atom stereocenters. The van der Waals surface area contributed by atoms with Crippen molar-refractivity contribution in [3.05, 3.63) is 29.0 Å². The third kappa shape index (κ3) is 2.91. The van der Waals surface area contributed by atoms with Gasteiger partial charge in [0.2, 0.25) is 0 Å². The van der Waals surface area contributed by atoms with Gasteiger partial charge in [0.25, 0.3) is 10.1 Å². The lowest BCUT2D eigenvalue weighted by atomic mass is 10.3. The highest BCUT2D eigenvalue weighted by atomic mass is 35.5. The van der Waals surface area contributed by atoms with E-state index >= 15 is 0 Å². The van der Waals surface area contributed by atoms with E-state index in [1.54, 1.807) is 0 Å². The fourth-order valence-corrected chi connectivity index (χ4v) is 1.69. The largest absolute Gasteiger partial charge is 0.296 e. The third-order valence-electron chi connectivity index (χ3n) is 1.17. The average Bonchev–Trinajstić information content (AvgIpc) is 1.83. The van der Waals surface area contributed by atoms with E-state index in [0.717, 1.165) is 18.2 Å². The maximum Gasteiger partial charge on any atom is 0.296 e. The molecule has 13 heavy (non-hydrogen) atoms. The fourth-order valence-electron chi connectivity index (χ4n) is 0.684. The van der Waals surface area contributed by atoms with Crippen molar-refractivity contribution in [1.82, 2.24) is 0 Å². The van der Waals surface area contributed by atoms with E-state index in [1.807, 2.05) is 0 Å². The Bertz CT molecular complexity index is 404. The lowest BCUT2D eigenvalue weighted by Crippen LogP contribution is -1.98. The second kappa shape index (κ2) is 3.99. The zero-order chi connectivity index (χ0) is 9.35. The van der Waals surface area contributed by atoms with Gasteiger partial charge >= 0.3 is 0 Å². The predicted octanol–water partition coefficient (Wildman–Crippen LogP) is 1.88. The number of hydrogen-bond acceptors (Lipinski definition) is 2. The van der Waals surface area contributed by atoms with Gasteiger partial charge in [-0.25, -0.2) is 4.39 Å². The molecule has 0 radical (unpaired) electrons. The predicted molar refractivity (Wildman–Crippen MR) is 43.7 cm³/mol. The van der Waals surface area contributed by atoms with E-state index in [-0.39, 0.29) is 9.73 Å². The van der Waals surface area contributed by atoms with E-state index in [1.165, 1.54) is 0 Å². The lowest BCUT2D eigenvalue weighted by Gasteiger charge is -1.98. The molecule has 0 amide bonds. The van der Waals surface area contributed by atoms with Crippen molar-refractivity contribution in [2.45, 2.75) is 4.90 Å². The Morgan fingerprint density at radius 2 is 1.92 bits per heavy atom. The van der Waals surface area contributed by atoms with Crippen LogP contribution in [-0.4, -0.2) is 13.0 Å². The van der Waals surface area contributed by atoms with Crippen LogP contribution in [0.1, 0.15) is 0 Å². The average molecular weight is 231 g/mol. The van der Waals surface area contributed by atoms with Gasteiger partial charge in [0.15, 0.2) is 0 Å². The number of halogens is 3. The van der Waals surface area contributed by atoms with Crippen LogP contribution in [0.2, 0.25) is 5.02 Å². The fraction of sp³-hybridized carbons (Fsp3) is 0. The molecule has 0 heterocycles. The monoisotopic (exact) mass is 230 g/mol. The summed E-state index contributed by atoms with van der Waals surface area (Å²) in [5.74, 6) is -0.660. The van der Waals surface area contributed by atoms with E-state index < -0.39 is 20.8 Å². The third-order valence-corrected chi connectivity index (χ3v) is 2.51. The maximum atomic E-state index is 12.4. The number of hydrogen-bond donors (Lipinski definition) is 1. The zero-order valence-electron chi connectivity index (χ0n) is 6.07. The summed E-state index contributed by atoms with van der Waals surface area (Å²) in [6, 6.07) is 2.60. The molecule has 0 aromatic heterocycles. The van der Waals surface area contributed by atoms with Crippen LogP contribution in [0.4, 0.5) is 9.09 Å². The highest BCUT2D eigenvalue weighted by Crippen LogP contribution is 2.21. The molecule has 7 heteroatoms. The molecule has 0 atom stereocenters. The molecule has 0 aliphatic rings. The van der Waals surface area contributed by atoms with Crippen LogP contribution in [0, 0.1) is 5.82 Å². The van der Waals surface area contributed by atoms with Crippen LogP contribution in [0.3, 0.4) is 0 Å². The van der Waals surface area contributed by atoms with Crippen molar-refractivity contribution in [2.24, 2.45) is 0 Å². The van der Waals surface area contributed by atoms with Crippen LogP contribution in [0.5, 0.6) is 0 Å². The van der Waals surface area contributed by atoms with Crippen LogP contribution in [0.15, 0.2) is 23.1 Å². The summed E-state index contributed by atoms with van der Waals surface area (Å²) in [4.78, 5) is -0.495. The van der Waals surface area contributed by atoms with Crippen LogP contribution < -0.4 is 0 Å². The quantitative estimate of drug-likeness (QED) is 0.750. The molecule has 1 aromatic carbocycles. The molecule has 0 spiro atoms. The second-order valence-electron chi connectivity index (χ2n) is 2.05. The first-order valence-corrected chi connectivity index (χ1v) is 4.65. The molecular formula is C6H5ClF2O3S. The Kier molecular flexibility index (Phi) is 3.77. The van der Waals surface area contributed by atoms with Crippen molar-refractivity contribution in [1.29, 1.82) is 0 Å². The topological polar surface area (TPSA) is 54.4 Å². The minimum Gasteiger partial charge on any atom is -0.282 e. The summed E-state index contributed by atoms with van der Waals surface area (Å²) in [6.07, 6.45) is 0. The standard InChI is InChI=1S/C6H4ClFO3S.FH/c7-5-3-4(8)1-2-6(5)12(9,10)11;/h1-3H,(H,9,10,11);1H. The Hall–Kier alpha value is -0.720. The van der Waals surface area contributed by atoms with E-state index in [9.17, 15) is 12.8 Å². The van der Waals surface area contributed by atoms with Crippen molar-refractivity contribution in [3.63, 3.8) is 0 Å². The summed E-state index contributed by atoms with van der Waals surface area (Å²) in [5.41, 5.74) is 0. The van der Waals surface area contributed by atoms with Gasteiger partial charge in [-0.2, -0.15) is 8.42 Å². The van der Waals surface area contributed by atoms with Gasteiger partial charge in [0, 0.05) is 0 Å². The van der Waals surface area contributed by atoms with Gasteiger partial charge in [-0.1, -0.05) is 11.6 Å². The summed E-state index contributed by atoms with van der Waals surface area (Å²) in [6.45, 7) is 0. The molecule has 1 rings (SSSR count). The van der Waals surface area contributed by atoms with Gasteiger partial charge in [0.1, 0.15) is 10.7 Å².